The first-order valence-corrected chi connectivity index (χ1v) is 10.5. The Bertz CT molecular complexity index is 746. The molecular weight excluding hydrogens is 378 g/mol. The number of piperidine rings is 1. The van der Waals surface area contributed by atoms with Crippen molar-refractivity contribution < 1.29 is 18.3 Å². The molecule has 1 aromatic heterocycles. The van der Waals surface area contributed by atoms with Crippen molar-refractivity contribution in [1.29, 1.82) is 0 Å². The molecule has 1 aliphatic heterocycles. The number of hydrogen-bond donors (Lipinski definition) is 0. The molecule has 162 valence electrons. The Morgan fingerprint density at radius 3 is 2.59 bits per heavy atom. The van der Waals surface area contributed by atoms with Crippen LogP contribution < -0.4 is 0 Å². The fourth-order valence-electron chi connectivity index (χ4n) is 3.94. The molecule has 1 unspecified atom stereocenters. The Kier molecular flexibility index (Phi) is 6.29. The SMILES string of the molecule is CCOC(=O)C(c1cn(CCC2CCN(C=C3CC3(F)F)CC2)nn1)C(C)(C)C. The second kappa shape index (κ2) is 8.40. The number of carbonyl (C=O) groups excluding carboxylic acids is 1. The molecule has 2 heterocycles. The summed E-state index contributed by atoms with van der Waals surface area (Å²) in [4.78, 5) is 14.4. The molecule has 1 atom stereocenters. The second-order valence-corrected chi connectivity index (χ2v) is 9.26. The molecule has 0 bridgehead atoms. The highest BCUT2D eigenvalue weighted by Crippen LogP contribution is 2.48. The molecule has 0 radical (unpaired) electrons. The van der Waals surface area contributed by atoms with Crippen molar-refractivity contribution in [2.75, 3.05) is 19.7 Å². The van der Waals surface area contributed by atoms with Crippen LogP contribution in [-0.2, 0) is 16.1 Å². The number of hydrogen-bond acceptors (Lipinski definition) is 5. The molecule has 8 heteroatoms. The van der Waals surface area contributed by atoms with Gasteiger partial charge in [-0.1, -0.05) is 26.0 Å². The van der Waals surface area contributed by atoms with Gasteiger partial charge in [-0.2, -0.15) is 0 Å². The van der Waals surface area contributed by atoms with E-state index in [4.69, 9.17) is 4.74 Å². The number of halogens is 2. The van der Waals surface area contributed by atoms with Gasteiger partial charge in [-0.15, -0.1) is 5.10 Å². The smallest absolute Gasteiger partial charge is 0.315 e. The van der Waals surface area contributed by atoms with Crippen molar-refractivity contribution in [3.05, 3.63) is 23.7 Å². The predicted octanol–water partition coefficient (Wildman–Crippen LogP) is 4.00. The standard InChI is InChI=1S/C21H32F2N4O2/c1-5-29-19(28)18(20(2,3)4)17-14-27(25-24-17)11-8-15-6-9-26(10-7-15)13-16-12-21(16,22)23/h13-15,18H,5-12H2,1-4H3. The molecule has 1 aromatic rings. The van der Waals surface area contributed by atoms with Crippen molar-refractivity contribution in [2.45, 2.75) is 71.8 Å². The lowest BCUT2D eigenvalue weighted by Crippen LogP contribution is -2.30. The number of alkyl halides is 2. The van der Waals surface area contributed by atoms with E-state index in [1.807, 2.05) is 31.9 Å². The van der Waals surface area contributed by atoms with Crippen LogP contribution in [0.15, 0.2) is 18.0 Å². The summed E-state index contributed by atoms with van der Waals surface area (Å²) in [5.41, 5.74) is 0.594. The summed E-state index contributed by atoms with van der Waals surface area (Å²) in [5, 5.41) is 8.45. The van der Waals surface area contributed by atoms with E-state index in [0.29, 0.717) is 18.2 Å². The van der Waals surface area contributed by atoms with Crippen LogP contribution in [0.1, 0.15) is 65.0 Å². The molecule has 1 saturated carbocycles. The lowest BCUT2D eigenvalue weighted by molar-refractivity contribution is -0.147. The van der Waals surface area contributed by atoms with Gasteiger partial charge in [0.05, 0.1) is 12.3 Å². The van der Waals surface area contributed by atoms with E-state index >= 15 is 0 Å². The summed E-state index contributed by atoms with van der Waals surface area (Å²) < 4.78 is 33.1. The van der Waals surface area contributed by atoms with Gasteiger partial charge in [-0.25, -0.2) is 8.78 Å². The molecule has 1 saturated heterocycles. The molecule has 0 N–H and O–H groups in total. The molecular formula is C21H32F2N4O2. The number of rotatable bonds is 7. The van der Waals surface area contributed by atoms with Crippen LogP contribution in [-0.4, -0.2) is 51.5 Å². The zero-order valence-corrected chi connectivity index (χ0v) is 17.8. The summed E-state index contributed by atoms with van der Waals surface area (Å²) >= 11 is 0. The normalized spacial score (nSPS) is 22.0. The Labute approximate surface area is 171 Å². The molecule has 6 nitrogen and oxygen atoms in total. The Morgan fingerprint density at radius 1 is 1.38 bits per heavy atom. The summed E-state index contributed by atoms with van der Waals surface area (Å²) in [6.45, 7) is 10.5. The Balaban J connectivity index is 1.50. The maximum atomic E-state index is 13.0. The molecule has 0 amide bonds. The van der Waals surface area contributed by atoms with Crippen molar-refractivity contribution >= 4 is 5.97 Å². The summed E-state index contributed by atoms with van der Waals surface area (Å²) in [6, 6.07) is 0. The largest absolute Gasteiger partial charge is 0.465 e. The molecule has 0 aromatic carbocycles. The van der Waals surface area contributed by atoms with Crippen molar-refractivity contribution in [2.24, 2.45) is 11.3 Å². The van der Waals surface area contributed by atoms with Gasteiger partial charge in [0.1, 0.15) is 5.92 Å². The third-order valence-corrected chi connectivity index (χ3v) is 5.75. The average Bonchev–Trinajstić information content (AvgIpc) is 3.01. The van der Waals surface area contributed by atoms with Gasteiger partial charge < -0.3 is 9.64 Å². The maximum Gasteiger partial charge on any atom is 0.315 e. The van der Waals surface area contributed by atoms with Crippen LogP contribution >= 0.6 is 0 Å². The zero-order valence-electron chi connectivity index (χ0n) is 17.8. The Hall–Kier alpha value is -1.99. The second-order valence-electron chi connectivity index (χ2n) is 9.26. The van der Waals surface area contributed by atoms with E-state index < -0.39 is 11.8 Å². The van der Waals surface area contributed by atoms with Crippen LogP contribution in [0, 0.1) is 11.3 Å². The van der Waals surface area contributed by atoms with E-state index in [-0.39, 0.29) is 23.4 Å². The highest BCUT2D eigenvalue weighted by atomic mass is 19.3. The minimum Gasteiger partial charge on any atom is -0.465 e. The number of ether oxygens (including phenoxy) is 1. The fourth-order valence-corrected chi connectivity index (χ4v) is 3.94. The van der Waals surface area contributed by atoms with Gasteiger partial charge in [0.15, 0.2) is 0 Å². The highest BCUT2D eigenvalue weighted by Gasteiger charge is 2.51. The number of esters is 1. The first-order valence-electron chi connectivity index (χ1n) is 10.5. The average molecular weight is 411 g/mol. The number of aryl methyl sites for hydroxylation is 1. The molecule has 1 aliphatic carbocycles. The van der Waals surface area contributed by atoms with E-state index in [2.05, 4.69) is 10.3 Å². The fraction of sp³-hybridized carbons (Fsp3) is 0.762. The van der Waals surface area contributed by atoms with Gasteiger partial charge in [0, 0.05) is 44.0 Å². The molecule has 2 aliphatic rings. The lowest BCUT2D eigenvalue weighted by Gasteiger charge is -2.31. The summed E-state index contributed by atoms with van der Waals surface area (Å²) in [5.74, 6) is -2.74. The lowest BCUT2D eigenvalue weighted by atomic mass is 9.79. The summed E-state index contributed by atoms with van der Waals surface area (Å²) in [6.07, 6.45) is 6.37. The van der Waals surface area contributed by atoms with Gasteiger partial charge in [-0.05, 0) is 37.5 Å². The van der Waals surface area contributed by atoms with Crippen molar-refractivity contribution in [3.8, 4) is 0 Å². The summed E-state index contributed by atoms with van der Waals surface area (Å²) in [7, 11) is 0. The number of nitrogens with zero attached hydrogens (tertiary/aromatic N) is 4. The molecule has 0 spiro atoms. The number of carbonyl (C=O) groups is 1. The third kappa shape index (κ3) is 5.54. The van der Waals surface area contributed by atoms with E-state index in [1.54, 1.807) is 17.8 Å². The first-order chi connectivity index (χ1) is 13.6. The van der Waals surface area contributed by atoms with Crippen LogP contribution in [0.2, 0.25) is 0 Å². The van der Waals surface area contributed by atoms with Gasteiger partial charge >= 0.3 is 5.97 Å². The molecule has 29 heavy (non-hydrogen) atoms. The first kappa shape index (κ1) is 21.7. The third-order valence-electron chi connectivity index (χ3n) is 5.75. The predicted molar refractivity (Wildman–Crippen MR) is 105 cm³/mol. The van der Waals surface area contributed by atoms with E-state index in [1.165, 1.54) is 0 Å². The van der Waals surface area contributed by atoms with Crippen LogP contribution in [0.3, 0.4) is 0 Å². The maximum absolute atomic E-state index is 13.0. The van der Waals surface area contributed by atoms with Crippen LogP contribution in [0.25, 0.3) is 0 Å². The number of likely N-dealkylation sites (tertiary alicyclic amines) is 1. The van der Waals surface area contributed by atoms with Crippen LogP contribution in [0.5, 0.6) is 0 Å². The monoisotopic (exact) mass is 410 g/mol. The highest BCUT2D eigenvalue weighted by molar-refractivity contribution is 5.78. The van der Waals surface area contributed by atoms with Crippen molar-refractivity contribution in [3.63, 3.8) is 0 Å². The minimum atomic E-state index is -2.56. The molecule has 2 fully saturated rings. The van der Waals surface area contributed by atoms with E-state index in [0.717, 1.165) is 38.9 Å². The van der Waals surface area contributed by atoms with Crippen molar-refractivity contribution in [1.82, 2.24) is 19.9 Å². The van der Waals surface area contributed by atoms with Crippen LogP contribution in [0.4, 0.5) is 8.78 Å². The minimum absolute atomic E-state index is 0.0804. The topological polar surface area (TPSA) is 60.2 Å². The van der Waals surface area contributed by atoms with Gasteiger partial charge in [0.2, 0.25) is 0 Å². The Morgan fingerprint density at radius 2 is 2.03 bits per heavy atom. The number of aromatic nitrogens is 3. The quantitative estimate of drug-likeness (QED) is 0.636. The van der Waals surface area contributed by atoms with E-state index in [9.17, 15) is 13.6 Å². The number of allylic oxidation sites excluding steroid dienone is 1. The molecule has 3 rings (SSSR count). The van der Waals surface area contributed by atoms with Gasteiger partial charge in [-0.3, -0.25) is 9.48 Å². The van der Waals surface area contributed by atoms with Gasteiger partial charge in [0.25, 0.3) is 5.92 Å². The zero-order chi connectivity index (χ0) is 21.2.